The summed E-state index contributed by atoms with van der Waals surface area (Å²) in [5.74, 6) is -0.724. The van der Waals surface area contributed by atoms with Crippen LogP contribution < -0.4 is 10.3 Å². The highest BCUT2D eigenvalue weighted by molar-refractivity contribution is 7.54. The highest BCUT2D eigenvalue weighted by Gasteiger charge is 2.27. The van der Waals surface area contributed by atoms with Crippen LogP contribution >= 0.6 is 7.60 Å². The molecule has 1 aromatic carbocycles. The third-order valence-corrected chi connectivity index (χ3v) is 4.43. The smallest absolute Gasteiger partial charge is 0.378 e. The maximum atomic E-state index is 12.3. The third kappa shape index (κ3) is 5.03. The van der Waals surface area contributed by atoms with Gasteiger partial charge in [0.25, 0.3) is 0 Å². The van der Waals surface area contributed by atoms with Crippen molar-refractivity contribution in [1.82, 2.24) is 0 Å². The summed E-state index contributed by atoms with van der Waals surface area (Å²) in [6.07, 6.45) is -0.0306. The number of benzene rings is 1. The van der Waals surface area contributed by atoms with Crippen molar-refractivity contribution in [3.05, 3.63) is 29.8 Å². The van der Waals surface area contributed by atoms with Gasteiger partial charge in [0.2, 0.25) is 0 Å². The van der Waals surface area contributed by atoms with Gasteiger partial charge in [0.1, 0.15) is 11.8 Å². The van der Waals surface area contributed by atoms with Gasteiger partial charge in [-0.3, -0.25) is 4.79 Å². The van der Waals surface area contributed by atoms with Crippen LogP contribution in [0.2, 0.25) is 0 Å². The summed E-state index contributed by atoms with van der Waals surface area (Å²) in [5.41, 5.74) is 6.41. The molecule has 0 aliphatic carbocycles. The Morgan fingerprint density at radius 3 is 2.47 bits per heavy atom. The molecule has 0 saturated heterocycles. The van der Waals surface area contributed by atoms with Gasteiger partial charge in [-0.25, -0.2) is 4.57 Å². The van der Waals surface area contributed by atoms with E-state index < -0.39 is 19.6 Å². The molecule has 2 atom stereocenters. The van der Waals surface area contributed by atoms with Crippen LogP contribution in [0.25, 0.3) is 0 Å². The summed E-state index contributed by atoms with van der Waals surface area (Å²) in [5, 5.41) is 8.68. The average molecular weight is 287 g/mol. The Morgan fingerprint density at radius 2 is 2.00 bits per heavy atom. The van der Waals surface area contributed by atoms with Gasteiger partial charge in [0.05, 0.1) is 6.16 Å². The molecular weight excluding hydrogens is 269 g/mol. The minimum Gasteiger partial charge on any atom is -0.480 e. The van der Waals surface area contributed by atoms with Crippen LogP contribution in [0.3, 0.4) is 0 Å². The minimum absolute atomic E-state index is 0.0202. The fourth-order valence-electron chi connectivity index (χ4n) is 1.35. The van der Waals surface area contributed by atoms with Gasteiger partial charge in [-0.1, -0.05) is 17.7 Å². The molecule has 1 rings (SSSR count). The van der Waals surface area contributed by atoms with Crippen molar-refractivity contribution in [3.63, 3.8) is 0 Å². The minimum atomic E-state index is -3.37. The Kier molecular flexibility index (Phi) is 5.54. The van der Waals surface area contributed by atoms with Crippen molar-refractivity contribution >= 4 is 13.6 Å². The van der Waals surface area contributed by atoms with Crippen LogP contribution in [0.4, 0.5) is 0 Å². The predicted molar refractivity (Wildman–Crippen MR) is 71.5 cm³/mol. The van der Waals surface area contributed by atoms with E-state index >= 15 is 0 Å². The summed E-state index contributed by atoms with van der Waals surface area (Å²) in [6.45, 7) is 1.92. The fourth-order valence-corrected chi connectivity index (χ4v) is 2.74. The second-order valence-electron chi connectivity index (χ2n) is 4.15. The lowest BCUT2D eigenvalue weighted by Crippen LogP contribution is -2.31. The van der Waals surface area contributed by atoms with E-state index in [4.69, 9.17) is 19.9 Å². The lowest BCUT2D eigenvalue weighted by atomic mass is 10.2. The van der Waals surface area contributed by atoms with Gasteiger partial charge in [0.15, 0.2) is 0 Å². The third-order valence-electron chi connectivity index (χ3n) is 2.57. The predicted octanol–water partition coefficient (Wildman–Crippen LogP) is 2.02. The number of carboxylic acid groups (broad SMARTS) is 1. The second kappa shape index (κ2) is 6.70. The molecule has 0 heterocycles. The van der Waals surface area contributed by atoms with Gasteiger partial charge in [-0.15, -0.1) is 0 Å². The molecule has 2 unspecified atom stereocenters. The molecule has 19 heavy (non-hydrogen) atoms. The summed E-state index contributed by atoms with van der Waals surface area (Å²) >= 11 is 0. The zero-order valence-corrected chi connectivity index (χ0v) is 11.8. The van der Waals surface area contributed by atoms with Gasteiger partial charge in [-0.2, -0.15) is 0 Å². The van der Waals surface area contributed by atoms with Crippen molar-refractivity contribution in [2.75, 3.05) is 13.3 Å². The van der Waals surface area contributed by atoms with E-state index in [1.807, 2.05) is 19.1 Å². The Bertz CT molecular complexity index is 474. The van der Waals surface area contributed by atoms with Crippen LogP contribution in [-0.2, 0) is 13.9 Å². The number of aliphatic carboxylic acids is 1. The molecule has 0 saturated carbocycles. The molecule has 0 amide bonds. The van der Waals surface area contributed by atoms with E-state index in [9.17, 15) is 9.36 Å². The lowest BCUT2D eigenvalue weighted by molar-refractivity contribution is -0.138. The SMILES string of the molecule is COP(=O)(CCC(N)C(=O)O)Oc1ccc(C)cc1. The maximum absolute atomic E-state index is 12.3. The second-order valence-corrected chi connectivity index (χ2v) is 6.37. The Hall–Kier alpha value is -1.36. The molecule has 7 heteroatoms. The van der Waals surface area contributed by atoms with Gasteiger partial charge >= 0.3 is 13.6 Å². The van der Waals surface area contributed by atoms with E-state index in [1.165, 1.54) is 7.11 Å². The van der Waals surface area contributed by atoms with E-state index in [1.54, 1.807) is 12.1 Å². The largest absolute Gasteiger partial charge is 0.480 e. The number of carbonyl (C=O) groups is 1. The molecule has 0 aliphatic rings. The fraction of sp³-hybridized carbons (Fsp3) is 0.417. The summed E-state index contributed by atoms with van der Waals surface area (Å²) in [7, 11) is -2.11. The molecule has 6 nitrogen and oxygen atoms in total. The molecule has 0 aliphatic heterocycles. The number of nitrogens with two attached hydrogens (primary N) is 1. The van der Waals surface area contributed by atoms with Crippen molar-refractivity contribution in [1.29, 1.82) is 0 Å². The number of rotatable bonds is 7. The monoisotopic (exact) mass is 287 g/mol. The topological polar surface area (TPSA) is 98.9 Å². The normalized spacial score (nSPS) is 15.5. The zero-order valence-electron chi connectivity index (χ0n) is 10.9. The van der Waals surface area contributed by atoms with Crippen molar-refractivity contribution in [2.24, 2.45) is 5.73 Å². The quantitative estimate of drug-likeness (QED) is 0.744. The molecule has 3 N–H and O–H groups in total. The summed E-state index contributed by atoms with van der Waals surface area (Å²) < 4.78 is 22.5. The average Bonchev–Trinajstić information content (AvgIpc) is 2.38. The van der Waals surface area contributed by atoms with E-state index in [2.05, 4.69) is 0 Å². The Labute approximate surface area is 112 Å². The molecule has 0 fully saturated rings. The molecular formula is C12H18NO5P. The molecule has 0 bridgehead atoms. The van der Waals surface area contributed by atoms with E-state index in [-0.39, 0.29) is 12.6 Å². The van der Waals surface area contributed by atoms with Crippen LogP contribution in [0.5, 0.6) is 5.75 Å². The first-order valence-electron chi connectivity index (χ1n) is 5.76. The van der Waals surface area contributed by atoms with Crippen molar-refractivity contribution < 1.29 is 23.5 Å². The standard InChI is InChI=1S/C12H18NO5P/c1-9-3-5-10(6-4-9)18-19(16,17-2)8-7-11(13)12(14)15/h3-6,11H,7-8,13H2,1-2H3,(H,14,15). The van der Waals surface area contributed by atoms with Gasteiger partial charge in [0, 0.05) is 7.11 Å². The van der Waals surface area contributed by atoms with Gasteiger partial charge < -0.3 is 19.9 Å². The first-order chi connectivity index (χ1) is 8.86. The first kappa shape index (κ1) is 15.7. The Morgan fingerprint density at radius 1 is 1.42 bits per heavy atom. The maximum Gasteiger partial charge on any atom is 0.378 e. The molecule has 1 aromatic rings. The van der Waals surface area contributed by atoms with Crippen LogP contribution in [-0.4, -0.2) is 30.4 Å². The molecule has 106 valence electrons. The zero-order chi connectivity index (χ0) is 14.5. The highest BCUT2D eigenvalue weighted by atomic mass is 31.2. The van der Waals surface area contributed by atoms with Gasteiger partial charge in [-0.05, 0) is 25.5 Å². The first-order valence-corrected chi connectivity index (χ1v) is 7.48. The number of aryl methyl sites for hydroxylation is 1. The Balaban J connectivity index is 2.67. The highest BCUT2D eigenvalue weighted by Crippen LogP contribution is 2.48. The van der Waals surface area contributed by atoms with Crippen molar-refractivity contribution in [2.45, 2.75) is 19.4 Å². The van der Waals surface area contributed by atoms with E-state index in [0.717, 1.165) is 5.56 Å². The van der Waals surface area contributed by atoms with Crippen LogP contribution in [0, 0.1) is 6.92 Å². The lowest BCUT2D eigenvalue weighted by Gasteiger charge is -2.18. The van der Waals surface area contributed by atoms with E-state index in [0.29, 0.717) is 5.75 Å². The number of hydrogen-bond donors (Lipinski definition) is 2. The van der Waals surface area contributed by atoms with Crippen molar-refractivity contribution in [3.8, 4) is 5.75 Å². The van der Waals surface area contributed by atoms with Crippen LogP contribution in [0.15, 0.2) is 24.3 Å². The molecule has 0 spiro atoms. The number of carboxylic acids is 1. The molecule has 0 aromatic heterocycles. The summed E-state index contributed by atoms with van der Waals surface area (Å²) in [4.78, 5) is 10.6. The molecule has 0 radical (unpaired) electrons. The number of hydrogen-bond acceptors (Lipinski definition) is 5. The van der Waals surface area contributed by atoms with Crippen LogP contribution in [0.1, 0.15) is 12.0 Å². The summed E-state index contributed by atoms with van der Waals surface area (Å²) in [6, 6.07) is 5.91.